The largest absolute Gasteiger partial charge is 0.368 e. The SMILES string of the molecule is CC1(C)c2[nH]nc(NC(=O)c3ccc(F)cc3)c2CN1C(=O)N1CCN(c2ccccc2)CC1. The van der Waals surface area contributed by atoms with Gasteiger partial charge in [-0.1, -0.05) is 18.2 Å². The fourth-order valence-corrected chi connectivity index (χ4v) is 4.67. The molecule has 0 atom stereocenters. The molecule has 3 amide bonds. The van der Waals surface area contributed by atoms with Crippen LogP contribution in [-0.4, -0.2) is 58.1 Å². The maximum Gasteiger partial charge on any atom is 0.321 e. The lowest BCUT2D eigenvalue weighted by Gasteiger charge is -2.41. The highest BCUT2D eigenvalue weighted by Crippen LogP contribution is 2.41. The van der Waals surface area contributed by atoms with E-state index in [9.17, 15) is 14.0 Å². The second-order valence-electron chi connectivity index (χ2n) is 9.12. The number of aromatic amines is 1. The summed E-state index contributed by atoms with van der Waals surface area (Å²) >= 11 is 0. The number of fused-ring (bicyclic) bond motifs is 1. The quantitative estimate of drug-likeness (QED) is 0.620. The summed E-state index contributed by atoms with van der Waals surface area (Å²) in [5, 5.41) is 10.1. The van der Waals surface area contributed by atoms with Crippen molar-refractivity contribution in [2.45, 2.75) is 25.9 Å². The van der Waals surface area contributed by atoms with Crippen molar-refractivity contribution in [2.24, 2.45) is 0 Å². The second kappa shape index (κ2) is 8.48. The zero-order chi connectivity index (χ0) is 23.9. The van der Waals surface area contributed by atoms with Gasteiger partial charge in [0.1, 0.15) is 5.82 Å². The highest BCUT2D eigenvalue weighted by atomic mass is 19.1. The summed E-state index contributed by atoms with van der Waals surface area (Å²) < 4.78 is 13.2. The number of aromatic nitrogens is 2. The van der Waals surface area contributed by atoms with Gasteiger partial charge in [0.05, 0.1) is 17.8 Å². The number of urea groups is 1. The number of piperazine rings is 1. The molecule has 1 saturated heterocycles. The van der Waals surface area contributed by atoms with Crippen molar-refractivity contribution in [3.63, 3.8) is 0 Å². The molecule has 1 fully saturated rings. The monoisotopic (exact) mass is 462 g/mol. The number of benzene rings is 2. The maximum absolute atomic E-state index is 13.5. The Hall–Kier alpha value is -3.88. The average Bonchev–Trinajstić information content (AvgIpc) is 3.37. The lowest BCUT2D eigenvalue weighted by atomic mass is 10.0. The van der Waals surface area contributed by atoms with E-state index in [1.807, 2.05) is 41.8 Å². The summed E-state index contributed by atoms with van der Waals surface area (Å²) in [5.41, 5.74) is 2.49. The molecule has 0 spiro atoms. The molecular weight excluding hydrogens is 435 g/mol. The molecule has 5 rings (SSSR count). The number of amides is 3. The van der Waals surface area contributed by atoms with Gasteiger partial charge in [-0.15, -0.1) is 0 Å². The number of anilines is 2. The molecular formula is C25H27FN6O2. The molecule has 0 saturated carbocycles. The van der Waals surface area contributed by atoms with Crippen molar-refractivity contribution < 1.29 is 14.0 Å². The summed E-state index contributed by atoms with van der Waals surface area (Å²) in [6, 6.07) is 15.5. The number of carbonyl (C=O) groups excluding carboxylic acids is 2. The van der Waals surface area contributed by atoms with Crippen LogP contribution in [-0.2, 0) is 12.1 Å². The fraction of sp³-hybridized carbons (Fsp3) is 0.320. The van der Waals surface area contributed by atoms with Crippen LogP contribution in [0.2, 0.25) is 0 Å². The van der Waals surface area contributed by atoms with Gasteiger partial charge in [-0.25, -0.2) is 9.18 Å². The summed E-state index contributed by atoms with van der Waals surface area (Å²) in [7, 11) is 0. The Kier molecular flexibility index (Phi) is 5.47. The van der Waals surface area contributed by atoms with Crippen molar-refractivity contribution in [2.75, 3.05) is 36.4 Å². The van der Waals surface area contributed by atoms with Crippen molar-refractivity contribution in [3.05, 3.63) is 77.2 Å². The Balaban J connectivity index is 1.27. The molecule has 9 heteroatoms. The van der Waals surface area contributed by atoms with Crippen molar-refractivity contribution in [1.29, 1.82) is 0 Å². The van der Waals surface area contributed by atoms with E-state index in [0.717, 1.165) is 24.3 Å². The Morgan fingerprint density at radius 1 is 1.00 bits per heavy atom. The van der Waals surface area contributed by atoms with Gasteiger partial charge < -0.3 is 20.0 Å². The molecule has 0 unspecified atom stereocenters. The van der Waals surface area contributed by atoms with Gasteiger partial charge in [0, 0.05) is 43.0 Å². The first-order valence-corrected chi connectivity index (χ1v) is 11.4. The minimum absolute atomic E-state index is 0.0295. The summed E-state index contributed by atoms with van der Waals surface area (Å²) in [6.07, 6.45) is 0. The van der Waals surface area contributed by atoms with E-state index >= 15 is 0 Å². The lowest BCUT2D eigenvalue weighted by Crippen LogP contribution is -2.55. The Labute approximate surface area is 197 Å². The molecule has 1 aromatic heterocycles. The molecule has 0 bridgehead atoms. The Bertz CT molecular complexity index is 1200. The van der Waals surface area contributed by atoms with Gasteiger partial charge in [-0.05, 0) is 50.2 Å². The standard InChI is InChI=1S/C25H27FN6O2/c1-25(2)21-20(22(29-28-21)27-23(33)17-8-10-18(26)11-9-17)16-32(25)24(34)31-14-12-30(13-15-31)19-6-4-3-5-7-19/h3-11H,12-16H2,1-2H3,(H2,27,28,29,33). The number of nitrogens with zero attached hydrogens (tertiary/aromatic N) is 4. The van der Waals surface area contributed by atoms with Crippen LogP contribution in [0.4, 0.5) is 20.7 Å². The van der Waals surface area contributed by atoms with Crippen LogP contribution in [0.3, 0.4) is 0 Å². The number of rotatable bonds is 3. The predicted molar refractivity (Wildman–Crippen MR) is 127 cm³/mol. The highest BCUT2D eigenvalue weighted by molar-refractivity contribution is 6.04. The molecule has 3 aromatic rings. The third-order valence-electron chi connectivity index (χ3n) is 6.71. The molecule has 2 aliphatic heterocycles. The third-order valence-corrected chi connectivity index (χ3v) is 6.71. The summed E-state index contributed by atoms with van der Waals surface area (Å²) in [4.78, 5) is 32.1. The van der Waals surface area contributed by atoms with E-state index in [2.05, 4.69) is 32.5 Å². The summed E-state index contributed by atoms with van der Waals surface area (Å²) in [6.45, 7) is 7.12. The number of carbonyl (C=O) groups is 2. The number of para-hydroxylation sites is 1. The number of halogens is 1. The van der Waals surface area contributed by atoms with Gasteiger partial charge in [-0.3, -0.25) is 9.89 Å². The van der Waals surface area contributed by atoms with Crippen LogP contribution in [0.5, 0.6) is 0 Å². The first kappa shape index (κ1) is 21.9. The lowest BCUT2D eigenvalue weighted by molar-refractivity contribution is 0.102. The Morgan fingerprint density at radius 2 is 1.68 bits per heavy atom. The topological polar surface area (TPSA) is 84.6 Å². The minimum atomic E-state index is -0.602. The van der Waals surface area contributed by atoms with Gasteiger partial charge in [-0.2, -0.15) is 5.10 Å². The molecule has 0 aliphatic carbocycles. The minimum Gasteiger partial charge on any atom is -0.368 e. The van der Waals surface area contributed by atoms with Crippen LogP contribution in [0.25, 0.3) is 0 Å². The van der Waals surface area contributed by atoms with E-state index in [4.69, 9.17) is 0 Å². The molecule has 0 radical (unpaired) electrons. The normalized spacial score (nSPS) is 17.0. The van der Waals surface area contributed by atoms with Gasteiger partial charge in [0.15, 0.2) is 5.82 Å². The van der Waals surface area contributed by atoms with E-state index < -0.39 is 11.4 Å². The first-order chi connectivity index (χ1) is 16.3. The third kappa shape index (κ3) is 3.87. The average molecular weight is 463 g/mol. The fourth-order valence-electron chi connectivity index (χ4n) is 4.67. The number of hydrogen-bond donors (Lipinski definition) is 2. The van der Waals surface area contributed by atoms with E-state index in [-0.39, 0.29) is 11.9 Å². The van der Waals surface area contributed by atoms with Gasteiger partial charge in [0.25, 0.3) is 5.91 Å². The van der Waals surface area contributed by atoms with Crippen LogP contribution in [0, 0.1) is 5.82 Å². The molecule has 2 aromatic carbocycles. The van der Waals surface area contributed by atoms with E-state index in [0.29, 0.717) is 31.0 Å². The van der Waals surface area contributed by atoms with E-state index in [1.165, 1.54) is 30.0 Å². The van der Waals surface area contributed by atoms with E-state index in [1.54, 1.807) is 0 Å². The van der Waals surface area contributed by atoms with Crippen LogP contribution in [0.1, 0.15) is 35.5 Å². The van der Waals surface area contributed by atoms with Gasteiger partial charge >= 0.3 is 6.03 Å². The van der Waals surface area contributed by atoms with Crippen molar-refractivity contribution in [3.8, 4) is 0 Å². The molecule has 2 aliphatic rings. The van der Waals surface area contributed by atoms with Gasteiger partial charge in [0.2, 0.25) is 0 Å². The first-order valence-electron chi connectivity index (χ1n) is 11.4. The molecule has 176 valence electrons. The maximum atomic E-state index is 13.5. The van der Waals surface area contributed by atoms with Crippen molar-refractivity contribution in [1.82, 2.24) is 20.0 Å². The van der Waals surface area contributed by atoms with Crippen LogP contribution in [0.15, 0.2) is 54.6 Å². The predicted octanol–water partition coefficient (Wildman–Crippen LogP) is 3.79. The molecule has 2 N–H and O–H groups in total. The molecule has 34 heavy (non-hydrogen) atoms. The molecule has 3 heterocycles. The number of hydrogen-bond acceptors (Lipinski definition) is 4. The van der Waals surface area contributed by atoms with Crippen LogP contribution >= 0.6 is 0 Å². The summed E-state index contributed by atoms with van der Waals surface area (Å²) in [5.74, 6) is -0.395. The zero-order valence-electron chi connectivity index (χ0n) is 19.2. The second-order valence-corrected chi connectivity index (χ2v) is 9.12. The zero-order valence-corrected chi connectivity index (χ0v) is 19.2. The molecule has 8 nitrogen and oxygen atoms in total. The smallest absolute Gasteiger partial charge is 0.321 e. The number of nitrogens with one attached hydrogen (secondary N) is 2. The van der Waals surface area contributed by atoms with Crippen LogP contribution < -0.4 is 10.2 Å². The Morgan fingerprint density at radius 3 is 2.35 bits per heavy atom. The van der Waals surface area contributed by atoms with Crippen molar-refractivity contribution >= 4 is 23.4 Å². The highest BCUT2D eigenvalue weighted by Gasteiger charge is 2.45. The number of H-pyrrole nitrogens is 1.